The molecule has 0 saturated carbocycles. The van der Waals surface area contributed by atoms with E-state index < -0.39 is 16.0 Å². The second kappa shape index (κ2) is 6.27. The first-order valence-electron chi connectivity index (χ1n) is 3.24. The van der Waals surface area contributed by atoms with E-state index in [0.29, 0.717) is 0 Å². The van der Waals surface area contributed by atoms with Gasteiger partial charge in [-0.3, -0.25) is 14.3 Å². The molecule has 1 unspecified atom stereocenters. The van der Waals surface area contributed by atoms with E-state index in [-0.39, 0.29) is 5.69 Å². The van der Waals surface area contributed by atoms with Crippen LogP contribution < -0.4 is 0 Å². The lowest BCUT2D eigenvalue weighted by Crippen LogP contribution is -1.84. The van der Waals surface area contributed by atoms with E-state index in [1.54, 1.807) is 18.2 Å². The number of para-hydroxylation sites is 1. The minimum Gasteiger partial charge on any atom is -0.773 e. The second-order valence-corrected chi connectivity index (χ2v) is 2.80. The van der Waals surface area contributed by atoms with Crippen LogP contribution >= 0.6 is 0 Å². The zero-order chi connectivity index (χ0) is 10.3. The third-order valence-electron chi connectivity index (χ3n) is 0.967. The fraction of sp³-hybridized carbons (Fsp3) is 0.143. The van der Waals surface area contributed by atoms with Gasteiger partial charge in [-0.05, 0) is 6.26 Å². The standard InChI is InChI=1S/C6H5NO2.CH4O2S/c8-7(9)6-4-2-1-3-5-6;1-4(2)3/h1-5H;1H3,(H,2,3)/p-1. The van der Waals surface area contributed by atoms with Crippen LogP contribution in [0.3, 0.4) is 0 Å². The van der Waals surface area contributed by atoms with Crippen molar-refractivity contribution in [2.75, 3.05) is 6.26 Å². The highest BCUT2D eigenvalue weighted by Crippen LogP contribution is 2.06. The SMILES string of the molecule is CS(=O)[O-].O=[N+]([O-])c1ccccc1. The molecule has 0 saturated heterocycles. The van der Waals surface area contributed by atoms with Crippen LogP contribution in [0, 0.1) is 10.1 Å². The first-order valence-corrected chi connectivity index (χ1v) is 4.72. The fourth-order valence-corrected chi connectivity index (χ4v) is 0.550. The summed E-state index contributed by atoms with van der Waals surface area (Å²) < 4.78 is 18.0. The zero-order valence-corrected chi connectivity index (χ0v) is 7.69. The van der Waals surface area contributed by atoms with Gasteiger partial charge in [0.2, 0.25) is 0 Å². The van der Waals surface area contributed by atoms with Crippen molar-refractivity contribution in [2.45, 2.75) is 0 Å². The van der Waals surface area contributed by atoms with Gasteiger partial charge >= 0.3 is 0 Å². The summed E-state index contributed by atoms with van der Waals surface area (Å²) in [4.78, 5) is 9.59. The molecule has 0 bridgehead atoms. The molecule has 0 radical (unpaired) electrons. The zero-order valence-electron chi connectivity index (χ0n) is 6.88. The van der Waals surface area contributed by atoms with Gasteiger partial charge in [-0.1, -0.05) is 29.3 Å². The van der Waals surface area contributed by atoms with Gasteiger partial charge in [0.25, 0.3) is 5.69 Å². The van der Waals surface area contributed by atoms with Crippen LogP contribution in [0.1, 0.15) is 0 Å². The van der Waals surface area contributed by atoms with Crippen LogP contribution in [-0.2, 0) is 11.1 Å². The number of nitro groups is 1. The molecule has 0 N–H and O–H groups in total. The van der Waals surface area contributed by atoms with E-state index in [2.05, 4.69) is 0 Å². The van der Waals surface area contributed by atoms with E-state index in [1.165, 1.54) is 12.1 Å². The number of nitro benzene ring substituents is 1. The number of hydrogen-bond acceptors (Lipinski definition) is 4. The Bertz CT molecular complexity index is 284. The Morgan fingerprint density at radius 1 is 1.31 bits per heavy atom. The van der Waals surface area contributed by atoms with Crippen molar-refractivity contribution in [3.05, 3.63) is 40.4 Å². The maximum atomic E-state index is 10.0. The molecule has 0 aliphatic carbocycles. The molecule has 0 heterocycles. The topological polar surface area (TPSA) is 83.3 Å². The maximum absolute atomic E-state index is 10.0. The summed E-state index contributed by atoms with van der Waals surface area (Å²) in [6.07, 6.45) is 1.08. The average Bonchev–Trinajstić information content (AvgIpc) is 2.05. The average molecular weight is 202 g/mol. The van der Waals surface area contributed by atoms with Gasteiger partial charge in [0.15, 0.2) is 0 Å². The van der Waals surface area contributed by atoms with Crippen LogP contribution in [0.25, 0.3) is 0 Å². The van der Waals surface area contributed by atoms with Crippen molar-refractivity contribution in [1.82, 2.24) is 0 Å². The van der Waals surface area contributed by atoms with E-state index in [1.807, 2.05) is 0 Å². The smallest absolute Gasteiger partial charge is 0.269 e. The predicted molar refractivity (Wildman–Crippen MR) is 47.9 cm³/mol. The van der Waals surface area contributed by atoms with Crippen molar-refractivity contribution in [1.29, 1.82) is 0 Å². The minimum absolute atomic E-state index is 0.137. The molecule has 72 valence electrons. The predicted octanol–water partition coefficient (Wildman–Crippen LogP) is 1.09. The van der Waals surface area contributed by atoms with E-state index in [9.17, 15) is 10.1 Å². The first-order chi connectivity index (χ1) is 6.04. The maximum Gasteiger partial charge on any atom is 0.269 e. The largest absolute Gasteiger partial charge is 0.773 e. The van der Waals surface area contributed by atoms with Crippen molar-refractivity contribution < 1.29 is 13.7 Å². The molecule has 1 aromatic carbocycles. The molecule has 0 amide bonds. The fourth-order valence-electron chi connectivity index (χ4n) is 0.550. The monoisotopic (exact) mass is 202 g/mol. The highest BCUT2D eigenvalue weighted by molar-refractivity contribution is 7.78. The Morgan fingerprint density at radius 2 is 1.69 bits per heavy atom. The van der Waals surface area contributed by atoms with Gasteiger partial charge < -0.3 is 4.55 Å². The number of benzene rings is 1. The number of non-ortho nitro benzene ring substituents is 1. The Morgan fingerprint density at radius 3 is 1.92 bits per heavy atom. The molecule has 0 fully saturated rings. The molecule has 0 aliphatic rings. The van der Waals surface area contributed by atoms with Crippen molar-refractivity contribution in [3.63, 3.8) is 0 Å². The Hall–Kier alpha value is -1.27. The molecule has 0 spiro atoms. The van der Waals surface area contributed by atoms with Gasteiger partial charge in [-0.25, -0.2) is 0 Å². The lowest BCUT2D eigenvalue weighted by molar-refractivity contribution is -0.384. The Labute approximate surface area is 77.8 Å². The Kier molecular flexibility index (Phi) is 5.66. The normalized spacial score (nSPS) is 10.9. The highest BCUT2D eigenvalue weighted by Gasteiger charge is 1.98. The first kappa shape index (κ1) is 11.7. The number of hydrogen-bond donors (Lipinski definition) is 0. The van der Waals surface area contributed by atoms with Crippen LogP contribution in [-0.4, -0.2) is 19.9 Å². The minimum atomic E-state index is -1.86. The molecule has 1 aromatic rings. The molecule has 13 heavy (non-hydrogen) atoms. The van der Waals surface area contributed by atoms with Crippen LogP contribution in [0.15, 0.2) is 30.3 Å². The van der Waals surface area contributed by atoms with E-state index in [0.717, 1.165) is 6.26 Å². The molecule has 1 rings (SSSR count). The van der Waals surface area contributed by atoms with Gasteiger partial charge in [0.1, 0.15) is 0 Å². The molecule has 0 aliphatic heterocycles. The lowest BCUT2D eigenvalue weighted by atomic mass is 10.3. The summed E-state index contributed by atoms with van der Waals surface area (Å²) in [7, 11) is 0. The van der Waals surface area contributed by atoms with Crippen molar-refractivity contribution in [3.8, 4) is 0 Å². The van der Waals surface area contributed by atoms with Crippen LogP contribution in [0.2, 0.25) is 0 Å². The van der Waals surface area contributed by atoms with Crippen molar-refractivity contribution in [2.24, 2.45) is 0 Å². The van der Waals surface area contributed by atoms with Crippen LogP contribution in [0.5, 0.6) is 0 Å². The van der Waals surface area contributed by atoms with Gasteiger partial charge in [-0.2, -0.15) is 0 Å². The molecular weight excluding hydrogens is 194 g/mol. The summed E-state index contributed by atoms with van der Waals surface area (Å²) in [6, 6.07) is 7.93. The van der Waals surface area contributed by atoms with E-state index >= 15 is 0 Å². The molecule has 6 heteroatoms. The van der Waals surface area contributed by atoms with Crippen LogP contribution in [0.4, 0.5) is 5.69 Å². The van der Waals surface area contributed by atoms with Crippen molar-refractivity contribution >= 4 is 16.8 Å². The second-order valence-electron chi connectivity index (χ2n) is 1.99. The molecule has 0 aromatic heterocycles. The number of nitrogens with zero attached hydrogens (tertiary/aromatic N) is 1. The quantitative estimate of drug-likeness (QED) is 0.387. The summed E-state index contributed by atoms with van der Waals surface area (Å²) in [5.41, 5.74) is 0.137. The molecule has 5 nitrogen and oxygen atoms in total. The third-order valence-corrected chi connectivity index (χ3v) is 0.967. The Balaban J connectivity index is 0.000000310. The molecular formula is C7H8NO4S-. The summed E-state index contributed by atoms with van der Waals surface area (Å²) in [5.74, 6) is 0. The molecule has 1 atom stereocenters. The van der Waals surface area contributed by atoms with E-state index in [4.69, 9.17) is 8.76 Å². The van der Waals surface area contributed by atoms with Gasteiger partial charge in [0, 0.05) is 12.1 Å². The lowest BCUT2D eigenvalue weighted by Gasteiger charge is -1.85. The highest BCUT2D eigenvalue weighted by atomic mass is 32.2. The summed E-state index contributed by atoms with van der Waals surface area (Å²) in [5, 5.41) is 10.0. The van der Waals surface area contributed by atoms with Gasteiger partial charge in [-0.15, -0.1) is 0 Å². The summed E-state index contributed by atoms with van der Waals surface area (Å²) >= 11 is -1.86. The third kappa shape index (κ3) is 7.10. The van der Waals surface area contributed by atoms with Gasteiger partial charge in [0.05, 0.1) is 4.92 Å². The number of rotatable bonds is 1. The summed E-state index contributed by atoms with van der Waals surface area (Å²) in [6.45, 7) is 0.